The molecule has 2 aromatic rings. The van der Waals surface area contributed by atoms with Crippen LogP contribution in [0.25, 0.3) is 0 Å². The van der Waals surface area contributed by atoms with E-state index in [0.29, 0.717) is 30.4 Å². The quantitative estimate of drug-likeness (QED) is 0.857. The highest BCUT2D eigenvalue weighted by Crippen LogP contribution is 2.31. The van der Waals surface area contributed by atoms with Crippen LogP contribution in [0.5, 0.6) is 17.2 Å². The van der Waals surface area contributed by atoms with Crippen molar-refractivity contribution >= 4 is 5.69 Å². The number of hydrogen-bond acceptors (Lipinski definition) is 5. The molecular weight excluding hydrogens is 248 g/mol. The number of ether oxygens (including phenoxy) is 3. The molecule has 0 amide bonds. The molecule has 19 heavy (non-hydrogen) atoms. The lowest BCUT2D eigenvalue weighted by molar-refractivity contribution is 0.0546. The van der Waals surface area contributed by atoms with E-state index in [1.807, 2.05) is 0 Å². The van der Waals surface area contributed by atoms with Gasteiger partial charge in [0.2, 0.25) is 0 Å². The number of H-pyrrole nitrogens is 1. The normalized spacial score (nSPS) is 16.9. The first kappa shape index (κ1) is 11.6. The summed E-state index contributed by atoms with van der Waals surface area (Å²) in [4.78, 5) is 13.2. The number of nitrogens with zero attached hydrogens (tertiary/aromatic N) is 1. The average Bonchev–Trinajstić information content (AvgIpc) is 2.93. The molecule has 1 aliphatic heterocycles. The Labute approximate surface area is 109 Å². The van der Waals surface area contributed by atoms with Gasteiger partial charge in [0.15, 0.2) is 17.6 Å². The van der Waals surface area contributed by atoms with Crippen molar-refractivity contribution in [2.75, 3.05) is 13.2 Å². The molecule has 3 rings (SSSR count). The van der Waals surface area contributed by atoms with Gasteiger partial charge in [-0.05, 0) is 29.4 Å². The number of nitroso groups, excluding NO2 is 1. The number of aromatic amines is 1. The first-order valence-corrected chi connectivity index (χ1v) is 5.87. The molecule has 98 valence electrons. The lowest BCUT2D eigenvalue weighted by atomic mass is 10.3. The molecule has 1 unspecified atom stereocenters. The molecule has 6 nitrogen and oxygen atoms in total. The van der Waals surface area contributed by atoms with Crippen LogP contribution in [0, 0.1) is 4.91 Å². The maximum absolute atomic E-state index is 10.3. The highest BCUT2D eigenvalue weighted by Gasteiger charge is 2.22. The van der Waals surface area contributed by atoms with E-state index in [1.165, 1.54) is 0 Å². The number of hydrogen-bond donors (Lipinski definition) is 1. The van der Waals surface area contributed by atoms with Crippen LogP contribution >= 0.6 is 0 Å². The monoisotopic (exact) mass is 260 g/mol. The van der Waals surface area contributed by atoms with Gasteiger partial charge >= 0.3 is 0 Å². The standard InChI is InChI=1S/C13H12N2O4/c16-15-9-1-3-10(4-2-9)17-7-11-8-18-12-5-14-6-13(12)19-11/h1-6,11,14H,7-8H2. The first-order chi connectivity index (χ1) is 9.35. The summed E-state index contributed by atoms with van der Waals surface area (Å²) in [5, 5.41) is 2.83. The molecule has 1 aromatic heterocycles. The van der Waals surface area contributed by atoms with Gasteiger partial charge in [-0.3, -0.25) is 0 Å². The molecule has 1 N–H and O–H groups in total. The molecular formula is C13H12N2O4. The van der Waals surface area contributed by atoms with Crippen LogP contribution in [0.4, 0.5) is 5.69 Å². The SMILES string of the molecule is O=Nc1ccc(OCC2COc3c[nH]cc3O2)cc1. The van der Waals surface area contributed by atoms with Gasteiger partial charge in [0.1, 0.15) is 24.7 Å². The van der Waals surface area contributed by atoms with Crippen LogP contribution in [0.3, 0.4) is 0 Å². The van der Waals surface area contributed by atoms with E-state index in [4.69, 9.17) is 14.2 Å². The maximum Gasteiger partial charge on any atom is 0.179 e. The van der Waals surface area contributed by atoms with E-state index in [2.05, 4.69) is 10.2 Å². The summed E-state index contributed by atoms with van der Waals surface area (Å²) in [6.45, 7) is 0.817. The molecule has 0 bridgehead atoms. The Hall–Kier alpha value is -2.50. The molecule has 2 heterocycles. The van der Waals surface area contributed by atoms with Crippen molar-refractivity contribution in [3.63, 3.8) is 0 Å². The summed E-state index contributed by atoms with van der Waals surface area (Å²) >= 11 is 0. The van der Waals surface area contributed by atoms with Crippen molar-refractivity contribution in [1.82, 2.24) is 4.98 Å². The third-order valence-corrected chi connectivity index (χ3v) is 2.77. The minimum absolute atomic E-state index is 0.160. The Morgan fingerprint density at radius 3 is 2.84 bits per heavy atom. The molecule has 1 atom stereocenters. The van der Waals surface area contributed by atoms with Crippen LogP contribution in [-0.4, -0.2) is 24.3 Å². The van der Waals surface area contributed by atoms with E-state index < -0.39 is 0 Å². The zero-order valence-electron chi connectivity index (χ0n) is 10.0. The van der Waals surface area contributed by atoms with Gasteiger partial charge in [-0.1, -0.05) is 0 Å². The van der Waals surface area contributed by atoms with Crippen LogP contribution < -0.4 is 14.2 Å². The van der Waals surface area contributed by atoms with Gasteiger partial charge in [-0.2, -0.15) is 0 Å². The summed E-state index contributed by atoms with van der Waals surface area (Å²) in [6.07, 6.45) is 3.33. The highest BCUT2D eigenvalue weighted by molar-refractivity contribution is 5.41. The number of rotatable bonds is 4. The summed E-state index contributed by atoms with van der Waals surface area (Å²) in [7, 11) is 0. The fourth-order valence-corrected chi connectivity index (χ4v) is 1.81. The molecule has 0 aliphatic carbocycles. The summed E-state index contributed by atoms with van der Waals surface area (Å²) in [6, 6.07) is 6.60. The summed E-state index contributed by atoms with van der Waals surface area (Å²) in [5.41, 5.74) is 0.376. The molecule has 1 aliphatic rings. The predicted octanol–water partition coefficient (Wildman–Crippen LogP) is 2.63. The van der Waals surface area contributed by atoms with Crippen molar-refractivity contribution < 1.29 is 14.2 Å². The highest BCUT2D eigenvalue weighted by atomic mass is 16.6. The molecule has 0 spiro atoms. The van der Waals surface area contributed by atoms with Crippen molar-refractivity contribution in [2.24, 2.45) is 5.18 Å². The lowest BCUT2D eigenvalue weighted by Gasteiger charge is -2.24. The molecule has 0 radical (unpaired) electrons. The van der Waals surface area contributed by atoms with E-state index in [-0.39, 0.29) is 6.10 Å². The van der Waals surface area contributed by atoms with Gasteiger partial charge in [-0.25, -0.2) is 0 Å². The third-order valence-electron chi connectivity index (χ3n) is 2.77. The van der Waals surface area contributed by atoms with Crippen LogP contribution in [0.15, 0.2) is 41.8 Å². The van der Waals surface area contributed by atoms with E-state index in [9.17, 15) is 4.91 Å². The summed E-state index contributed by atoms with van der Waals surface area (Å²) < 4.78 is 16.8. The molecule has 0 fully saturated rings. The number of fused-ring (bicyclic) bond motifs is 1. The second-order valence-corrected chi connectivity index (χ2v) is 4.13. The van der Waals surface area contributed by atoms with E-state index in [1.54, 1.807) is 36.7 Å². The van der Waals surface area contributed by atoms with E-state index >= 15 is 0 Å². The Bertz CT molecular complexity index is 564. The Balaban J connectivity index is 1.56. The topological polar surface area (TPSA) is 72.9 Å². The third kappa shape index (κ3) is 2.52. The fourth-order valence-electron chi connectivity index (χ4n) is 1.81. The lowest BCUT2D eigenvalue weighted by Crippen LogP contribution is -2.34. The average molecular weight is 260 g/mol. The largest absolute Gasteiger partial charge is 0.490 e. The van der Waals surface area contributed by atoms with Gasteiger partial charge in [0.25, 0.3) is 0 Å². The van der Waals surface area contributed by atoms with Crippen LogP contribution in [-0.2, 0) is 0 Å². The predicted molar refractivity (Wildman–Crippen MR) is 68.1 cm³/mol. The minimum atomic E-state index is -0.160. The van der Waals surface area contributed by atoms with Gasteiger partial charge in [-0.15, -0.1) is 4.91 Å². The number of benzene rings is 1. The molecule has 1 aromatic carbocycles. The van der Waals surface area contributed by atoms with Gasteiger partial charge in [0.05, 0.1) is 0 Å². The zero-order chi connectivity index (χ0) is 13.1. The van der Waals surface area contributed by atoms with Crippen LogP contribution in [0.2, 0.25) is 0 Å². The van der Waals surface area contributed by atoms with Gasteiger partial charge in [0, 0.05) is 12.4 Å². The molecule has 0 saturated heterocycles. The fraction of sp³-hybridized carbons (Fsp3) is 0.231. The van der Waals surface area contributed by atoms with E-state index in [0.717, 1.165) is 5.75 Å². The Morgan fingerprint density at radius 1 is 1.26 bits per heavy atom. The second-order valence-electron chi connectivity index (χ2n) is 4.13. The number of nitrogens with one attached hydrogen (secondary N) is 1. The first-order valence-electron chi connectivity index (χ1n) is 5.87. The zero-order valence-corrected chi connectivity index (χ0v) is 10.0. The minimum Gasteiger partial charge on any atom is -0.490 e. The van der Waals surface area contributed by atoms with Crippen LogP contribution in [0.1, 0.15) is 0 Å². The van der Waals surface area contributed by atoms with Crippen molar-refractivity contribution in [3.05, 3.63) is 41.6 Å². The van der Waals surface area contributed by atoms with Crippen molar-refractivity contribution in [2.45, 2.75) is 6.10 Å². The smallest absolute Gasteiger partial charge is 0.179 e. The van der Waals surface area contributed by atoms with Gasteiger partial charge < -0.3 is 19.2 Å². The van der Waals surface area contributed by atoms with Crippen molar-refractivity contribution in [3.8, 4) is 17.2 Å². The summed E-state index contributed by atoms with van der Waals surface area (Å²) in [5.74, 6) is 2.08. The Morgan fingerprint density at radius 2 is 2.05 bits per heavy atom. The second kappa shape index (κ2) is 5.01. The Kier molecular flexibility index (Phi) is 3.06. The number of aromatic nitrogens is 1. The van der Waals surface area contributed by atoms with Crippen molar-refractivity contribution in [1.29, 1.82) is 0 Å². The molecule has 6 heteroatoms. The molecule has 0 saturated carbocycles. The maximum atomic E-state index is 10.3.